The molecule has 0 aromatic heterocycles. The Labute approximate surface area is 117 Å². The van der Waals surface area contributed by atoms with Gasteiger partial charge in [0.15, 0.2) is 6.10 Å². The lowest BCUT2D eigenvalue weighted by Crippen LogP contribution is -2.36. The number of hydrogen-bond donors (Lipinski definition) is 1. The maximum Gasteiger partial charge on any atom is 0.331 e. The largest absolute Gasteiger partial charge is 0.449 e. The van der Waals surface area contributed by atoms with Crippen molar-refractivity contribution >= 4 is 11.9 Å². The van der Waals surface area contributed by atoms with E-state index in [1.54, 1.807) is 25.1 Å². The molecule has 0 aliphatic carbocycles. The zero-order valence-corrected chi connectivity index (χ0v) is 11.6. The highest BCUT2D eigenvalue weighted by molar-refractivity contribution is 5.87. The first-order chi connectivity index (χ1) is 9.52. The molecule has 108 valence electrons. The number of nitrogens with one attached hydrogen (secondary N) is 1. The monoisotopic (exact) mass is 279 g/mol. The van der Waals surface area contributed by atoms with E-state index in [2.05, 4.69) is 5.32 Å². The molecule has 1 N–H and O–H groups in total. The van der Waals surface area contributed by atoms with Gasteiger partial charge in [-0.3, -0.25) is 4.79 Å². The number of carbonyl (C=O) groups excluding carboxylic acids is 2. The number of benzene rings is 1. The van der Waals surface area contributed by atoms with E-state index < -0.39 is 12.1 Å². The predicted octanol–water partition coefficient (Wildman–Crippen LogP) is 1.99. The zero-order chi connectivity index (χ0) is 15.0. The van der Waals surface area contributed by atoms with Gasteiger partial charge >= 0.3 is 5.97 Å². The summed E-state index contributed by atoms with van der Waals surface area (Å²) in [4.78, 5) is 22.8. The minimum atomic E-state index is -0.841. The summed E-state index contributed by atoms with van der Waals surface area (Å²) >= 11 is 0. The maximum atomic E-state index is 12.7. The Morgan fingerprint density at radius 3 is 2.60 bits per heavy atom. The molecule has 0 spiro atoms. The highest BCUT2D eigenvalue weighted by Gasteiger charge is 2.15. The lowest BCUT2D eigenvalue weighted by molar-refractivity contribution is -0.150. The van der Waals surface area contributed by atoms with Crippen LogP contribution < -0.4 is 5.32 Å². The molecule has 0 bridgehead atoms. The van der Waals surface area contributed by atoms with Gasteiger partial charge in [-0.2, -0.15) is 0 Å². The van der Waals surface area contributed by atoms with Gasteiger partial charge in [-0.1, -0.05) is 18.2 Å². The number of rotatable bonds is 6. The first kappa shape index (κ1) is 15.9. The second-order valence-corrected chi connectivity index (χ2v) is 4.25. The molecule has 1 amide bonds. The van der Waals surface area contributed by atoms with Crippen LogP contribution in [0.25, 0.3) is 0 Å². The molecule has 0 aliphatic rings. The third kappa shape index (κ3) is 5.65. The number of allylic oxidation sites excluding steroid dienone is 1. The molecule has 0 unspecified atom stereocenters. The summed E-state index contributed by atoms with van der Waals surface area (Å²) in [6.45, 7) is 3.60. The topological polar surface area (TPSA) is 55.4 Å². The molecule has 5 heteroatoms. The Morgan fingerprint density at radius 2 is 2.00 bits per heavy atom. The first-order valence-electron chi connectivity index (χ1n) is 6.38. The van der Waals surface area contributed by atoms with Gasteiger partial charge in [0.25, 0.3) is 5.91 Å². The molecule has 1 aromatic carbocycles. The van der Waals surface area contributed by atoms with Crippen LogP contribution in [0.2, 0.25) is 0 Å². The Hall–Kier alpha value is -2.17. The highest BCUT2D eigenvalue weighted by Crippen LogP contribution is 2.03. The quantitative estimate of drug-likeness (QED) is 0.640. The van der Waals surface area contributed by atoms with Crippen molar-refractivity contribution in [2.24, 2.45) is 0 Å². The third-order valence-corrected chi connectivity index (χ3v) is 2.59. The molecule has 1 rings (SSSR count). The van der Waals surface area contributed by atoms with E-state index >= 15 is 0 Å². The van der Waals surface area contributed by atoms with Crippen LogP contribution in [-0.2, 0) is 20.7 Å². The number of esters is 1. The van der Waals surface area contributed by atoms with Crippen molar-refractivity contribution < 1.29 is 18.7 Å². The van der Waals surface area contributed by atoms with Gasteiger partial charge < -0.3 is 10.1 Å². The van der Waals surface area contributed by atoms with E-state index in [9.17, 15) is 14.0 Å². The molecule has 0 aliphatic heterocycles. The molecule has 0 heterocycles. The normalized spacial score (nSPS) is 12.2. The van der Waals surface area contributed by atoms with Crippen LogP contribution in [-0.4, -0.2) is 24.5 Å². The second-order valence-electron chi connectivity index (χ2n) is 4.25. The standard InChI is InChI=1S/C15H18FNO3/c1-3-4-14(18)20-11(2)15(19)17-10-9-12-5-7-13(16)8-6-12/h3-8,11H,9-10H2,1-2H3,(H,17,19)/b4-3+/t11-/m0/s1. The molecule has 0 fully saturated rings. The number of ether oxygens (including phenoxy) is 1. The average Bonchev–Trinajstić information content (AvgIpc) is 2.41. The lowest BCUT2D eigenvalue weighted by atomic mass is 10.1. The second kappa shape index (κ2) is 8.09. The molecule has 0 radical (unpaired) electrons. The van der Waals surface area contributed by atoms with Gasteiger partial charge in [-0.05, 0) is 38.0 Å². The van der Waals surface area contributed by atoms with Crippen LogP contribution in [0.15, 0.2) is 36.4 Å². The molecular formula is C15H18FNO3. The van der Waals surface area contributed by atoms with Gasteiger partial charge in [0, 0.05) is 12.6 Å². The van der Waals surface area contributed by atoms with Crippen molar-refractivity contribution in [3.05, 3.63) is 47.8 Å². The van der Waals surface area contributed by atoms with Crippen molar-refractivity contribution in [2.75, 3.05) is 6.54 Å². The van der Waals surface area contributed by atoms with E-state index in [0.717, 1.165) is 5.56 Å². The van der Waals surface area contributed by atoms with Gasteiger partial charge in [0.1, 0.15) is 5.82 Å². The van der Waals surface area contributed by atoms with Crippen molar-refractivity contribution in [2.45, 2.75) is 26.4 Å². The molecular weight excluding hydrogens is 261 g/mol. The number of carbonyl (C=O) groups is 2. The summed E-state index contributed by atoms with van der Waals surface area (Å²) in [6.07, 6.45) is 2.54. The van der Waals surface area contributed by atoms with E-state index in [1.165, 1.54) is 25.1 Å². The summed E-state index contributed by atoms with van der Waals surface area (Å²) in [7, 11) is 0. The fourth-order valence-corrected chi connectivity index (χ4v) is 1.53. The fraction of sp³-hybridized carbons (Fsp3) is 0.333. The van der Waals surface area contributed by atoms with E-state index in [4.69, 9.17) is 4.74 Å². The number of amides is 1. The van der Waals surface area contributed by atoms with Crippen molar-refractivity contribution in [3.63, 3.8) is 0 Å². The molecule has 1 aromatic rings. The van der Waals surface area contributed by atoms with Gasteiger partial charge in [-0.25, -0.2) is 9.18 Å². The van der Waals surface area contributed by atoms with Crippen molar-refractivity contribution in [1.29, 1.82) is 0 Å². The van der Waals surface area contributed by atoms with Crippen LogP contribution in [0, 0.1) is 5.82 Å². The molecule has 1 atom stereocenters. The van der Waals surface area contributed by atoms with Gasteiger partial charge in [0.05, 0.1) is 0 Å². The smallest absolute Gasteiger partial charge is 0.331 e. The number of hydrogen-bond acceptors (Lipinski definition) is 3. The van der Waals surface area contributed by atoms with E-state index in [0.29, 0.717) is 13.0 Å². The lowest BCUT2D eigenvalue weighted by Gasteiger charge is -2.12. The van der Waals surface area contributed by atoms with Crippen LogP contribution >= 0.6 is 0 Å². The molecule has 0 saturated heterocycles. The summed E-state index contributed by atoms with van der Waals surface area (Å²) in [6, 6.07) is 6.07. The van der Waals surface area contributed by atoms with Crippen molar-refractivity contribution in [3.8, 4) is 0 Å². The average molecular weight is 279 g/mol. The van der Waals surface area contributed by atoms with E-state index in [-0.39, 0.29) is 11.7 Å². The Kier molecular flexibility index (Phi) is 6.43. The molecule has 0 saturated carbocycles. The van der Waals surface area contributed by atoms with Crippen LogP contribution in [0.1, 0.15) is 19.4 Å². The third-order valence-electron chi connectivity index (χ3n) is 2.59. The predicted molar refractivity (Wildman–Crippen MR) is 73.5 cm³/mol. The Bertz CT molecular complexity index is 482. The summed E-state index contributed by atoms with van der Waals surface area (Å²) in [5.74, 6) is -1.19. The van der Waals surface area contributed by atoms with Crippen LogP contribution in [0.5, 0.6) is 0 Å². The van der Waals surface area contributed by atoms with Gasteiger partial charge in [0.2, 0.25) is 0 Å². The van der Waals surface area contributed by atoms with Crippen molar-refractivity contribution in [1.82, 2.24) is 5.32 Å². The van der Waals surface area contributed by atoms with E-state index in [1.807, 2.05) is 0 Å². The molecule has 4 nitrogen and oxygen atoms in total. The maximum absolute atomic E-state index is 12.7. The minimum absolute atomic E-state index is 0.290. The summed E-state index contributed by atoms with van der Waals surface area (Å²) < 4.78 is 17.6. The Morgan fingerprint density at radius 1 is 1.35 bits per heavy atom. The first-order valence-corrected chi connectivity index (χ1v) is 6.38. The zero-order valence-electron chi connectivity index (χ0n) is 11.6. The van der Waals surface area contributed by atoms with Gasteiger partial charge in [-0.15, -0.1) is 0 Å². The Balaban J connectivity index is 2.32. The van der Waals surface area contributed by atoms with Crippen LogP contribution in [0.4, 0.5) is 4.39 Å². The highest BCUT2D eigenvalue weighted by atomic mass is 19.1. The molecule has 20 heavy (non-hydrogen) atoms. The minimum Gasteiger partial charge on any atom is -0.449 e. The fourth-order valence-electron chi connectivity index (χ4n) is 1.53. The SMILES string of the molecule is C/C=C/C(=O)O[C@@H](C)C(=O)NCCc1ccc(F)cc1. The van der Waals surface area contributed by atoms with Crippen LogP contribution in [0.3, 0.4) is 0 Å². The summed E-state index contributed by atoms with van der Waals surface area (Å²) in [5.41, 5.74) is 0.922. The number of halogens is 1. The summed E-state index contributed by atoms with van der Waals surface area (Å²) in [5, 5.41) is 2.66.